The Bertz CT molecular complexity index is 969. The maximum Gasteiger partial charge on any atom is 0.307 e. The molecule has 4 rings (SSSR count). The molecule has 2 aromatic rings. The van der Waals surface area contributed by atoms with Crippen LogP contribution in [0, 0.1) is 11.3 Å². The van der Waals surface area contributed by atoms with Gasteiger partial charge in [-0.25, -0.2) is 0 Å². The van der Waals surface area contributed by atoms with Crippen molar-refractivity contribution in [1.82, 2.24) is 4.90 Å². The van der Waals surface area contributed by atoms with Crippen LogP contribution in [0.4, 0.5) is 5.69 Å². The number of anilines is 1. The van der Waals surface area contributed by atoms with Crippen molar-refractivity contribution in [2.24, 2.45) is 0 Å². The van der Waals surface area contributed by atoms with Crippen molar-refractivity contribution < 1.29 is 19.7 Å². The maximum absolute atomic E-state index is 12.4. The highest BCUT2D eigenvalue weighted by Crippen LogP contribution is 2.43. The molecule has 2 bridgehead atoms. The number of nitriles is 1. The molecule has 2 N–H and O–H groups in total. The van der Waals surface area contributed by atoms with Crippen molar-refractivity contribution >= 4 is 22.4 Å². The second-order valence-corrected chi connectivity index (χ2v) is 8.70. The van der Waals surface area contributed by atoms with Crippen LogP contribution in [-0.4, -0.2) is 72.1 Å². The number of carbonyl (C=O) groups excluding carboxylic acids is 1. The molecule has 0 aromatic heterocycles. The number of esters is 1. The molecule has 32 heavy (non-hydrogen) atoms. The van der Waals surface area contributed by atoms with E-state index >= 15 is 0 Å². The largest absolute Gasteiger partial charge is 0.462 e. The molecule has 7 heteroatoms. The summed E-state index contributed by atoms with van der Waals surface area (Å²) < 4.78 is 5.83. The Morgan fingerprint density at radius 2 is 1.69 bits per heavy atom. The summed E-state index contributed by atoms with van der Waals surface area (Å²) in [4.78, 5) is 16.8. The van der Waals surface area contributed by atoms with E-state index in [0.717, 1.165) is 36.5 Å². The van der Waals surface area contributed by atoms with Crippen LogP contribution < -0.4 is 4.90 Å². The lowest BCUT2D eigenvalue weighted by molar-refractivity contribution is -0.151. The Morgan fingerprint density at radius 1 is 1.03 bits per heavy atom. The van der Waals surface area contributed by atoms with E-state index in [1.807, 2.05) is 29.2 Å². The van der Waals surface area contributed by atoms with Gasteiger partial charge in [-0.2, -0.15) is 5.26 Å². The van der Waals surface area contributed by atoms with Crippen LogP contribution >= 0.6 is 0 Å². The number of carbonyl (C=O) groups is 1. The summed E-state index contributed by atoms with van der Waals surface area (Å²) in [7, 11) is 0. The Hall–Kier alpha value is -2.66. The molecule has 2 atom stereocenters. The number of fused-ring (bicyclic) bond motifs is 3. The van der Waals surface area contributed by atoms with Crippen molar-refractivity contribution in [3.8, 4) is 6.07 Å². The van der Waals surface area contributed by atoms with Gasteiger partial charge in [0, 0.05) is 61.0 Å². The zero-order valence-corrected chi connectivity index (χ0v) is 18.3. The van der Waals surface area contributed by atoms with E-state index in [1.54, 1.807) is 0 Å². The lowest BCUT2D eigenvalue weighted by atomic mass is 9.96. The SMILES string of the molecule is N#Cc1ccc(N2C3CCC2CC(OC(=O)CCN(CCO)CCO)C3)c2ccccc12. The normalized spacial score (nSPS) is 22.3. The smallest absolute Gasteiger partial charge is 0.307 e. The number of benzene rings is 2. The molecule has 2 aliphatic heterocycles. The second-order valence-electron chi connectivity index (χ2n) is 8.70. The van der Waals surface area contributed by atoms with Gasteiger partial charge in [0.15, 0.2) is 0 Å². The first-order chi connectivity index (χ1) is 15.6. The number of hydrogen-bond acceptors (Lipinski definition) is 7. The van der Waals surface area contributed by atoms with E-state index in [1.165, 1.54) is 5.69 Å². The van der Waals surface area contributed by atoms with Gasteiger partial charge in [-0.3, -0.25) is 9.69 Å². The van der Waals surface area contributed by atoms with Crippen molar-refractivity contribution in [2.75, 3.05) is 37.7 Å². The number of piperidine rings is 1. The first-order valence-corrected chi connectivity index (χ1v) is 11.5. The van der Waals surface area contributed by atoms with Crippen LogP contribution in [0.2, 0.25) is 0 Å². The van der Waals surface area contributed by atoms with Gasteiger partial charge < -0.3 is 19.8 Å². The van der Waals surface area contributed by atoms with Gasteiger partial charge in [0.1, 0.15) is 6.10 Å². The van der Waals surface area contributed by atoms with Gasteiger partial charge in [0.05, 0.1) is 31.3 Å². The van der Waals surface area contributed by atoms with Gasteiger partial charge in [-0.05, 0) is 25.0 Å². The number of nitrogens with zero attached hydrogens (tertiary/aromatic N) is 3. The van der Waals surface area contributed by atoms with Crippen LogP contribution in [0.1, 0.15) is 37.7 Å². The second kappa shape index (κ2) is 10.3. The monoisotopic (exact) mass is 437 g/mol. The standard InChI is InChI=1S/C25H31N3O4/c26-17-18-5-8-24(23-4-2-1-3-22(18)23)28-19-6-7-20(28)16-21(15-19)32-25(31)9-10-27(11-13-29)12-14-30/h1-5,8,19-21,29-30H,6-7,9-16H2. The topological polar surface area (TPSA) is 97.0 Å². The van der Waals surface area contributed by atoms with Crippen LogP contribution in [-0.2, 0) is 9.53 Å². The minimum Gasteiger partial charge on any atom is -0.462 e. The third kappa shape index (κ3) is 4.73. The summed E-state index contributed by atoms with van der Waals surface area (Å²) in [5.74, 6) is -0.215. The maximum atomic E-state index is 12.4. The molecule has 2 aromatic carbocycles. The van der Waals surface area contributed by atoms with Crippen molar-refractivity contribution in [2.45, 2.75) is 50.3 Å². The van der Waals surface area contributed by atoms with E-state index < -0.39 is 0 Å². The van der Waals surface area contributed by atoms with Crippen LogP contribution in [0.25, 0.3) is 10.8 Å². The Labute approximate surface area is 188 Å². The molecule has 7 nitrogen and oxygen atoms in total. The average molecular weight is 438 g/mol. The Morgan fingerprint density at radius 3 is 2.31 bits per heavy atom. The molecule has 2 fully saturated rings. The predicted octanol–water partition coefficient (Wildman–Crippen LogP) is 2.43. The molecule has 2 unspecified atom stereocenters. The summed E-state index contributed by atoms with van der Waals surface area (Å²) in [5.41, 5.74) is 1.86. The van der Waals surface area contributed by atoms with Gasteiger partial charge in [0.2, 0.25) is 0 Å². The summed E-state index contributed by atoms with van der Waals surface area (Å²) in [5, 5.41) is 29.8. The van der Waals surface area contributed by atoms with E-state index in [9.17, 15) is 10.1 Å². The van der Waals surface area contributed by atoms with Gasteiger partial charge in [-0.1, -0.05) is 24.3 Å². The molecule has 0 radical (unpaired) electrons. The predicted molar refractivity (Wildman–Crippen MR) is 122 cm³/mol. The van der Waals surface area contributed by atoms with Crippen molar-refractivity contribution in [3.63, 3.8) is 0 Å². The van der Waals surface area contributed by atoms with Crippen molar-refractivity contribution in [1.29, 1.82) is 5.26 Å². The Kier molecular flexibility index (Phi) is 7.26. The summed E-state index contributed by atoms with van der Waals surface area (Å²) in [6.45, 7) is 1.36. The Balaban J connectivity index is 1.41. The summed E-state index contributed by atoms with van der Waals surface area (Å²) in [6, 6.07) is 15.0. The van der Waals surface area contributed by atoms with Gasteiger partial charge in [0.25, 0.3) is 0 Å². The lowest BCUT2D eigenvalue weighted by Crippen LogP contribution is -2.46. The minimum atomic E-state index is -0.215. The molecule has 2 heterocycles. The van der Waals surface area contributed by atoms with Crippen LogP contribution in [0.15, 0.2) is 36.4 Å². The molecular formula is C25H31N3O4. The van der Waals surface area contributed by atoms with Crippen LogP contribution in [0.5, 0.6) is 0 Å². The third-order valence-corrected chi connectivity index (χ3v) is 6.75. The molecule has 170 valence electrons. The quantitative estimate of drug-likeness (QED) is 0.582. The van der Waals surface area contributed by atoms with E-state index in [4.69, 9.17) is 14.9 Å². The molecule has 2 aliphatic rings. The molecule has 0 saturated carbocycles. The van der Waals surface area contributed by atoms with Crippen molar-refractivity contribution in [3.05, 3.63) is 42.0 Å². The minimum absolute atomic E-state index is 0.000889. The first-order valence-electron chi connectivity index (χ1n) is 11.5. The van der Waals surface area contributed by atoms with E-state index in [2.05, 4.69) is 23.1 Å². The molecular weight excluding hydrogens is 406 g/mol. The summed E-state index contributed by atoms with van der Waals surface area (Å²) >= 11 is 0. The molecule has 0 amide bonds. The third-order valence-electron chi connectivity index (χ3n) is 6.75. The number of hydrogen-bond donors (Lipinski definition) is 2. The van der Waals surface area contributed by atoms with Gasteiger partial charge >= 0.3 is 5.97 Å². The molecule has 2 saturated heterocycles. The fourth-order valence-electron chi connectivity index (χ4n) is 5.33. The molecule has 0 aliphatic carbocycles. The number of rotatable bonds is 9. The highest BCUT2D eigenvalue weighted by atomic mass is 16.5. The lowest BCUT2D eigenvalue weighted by Gasteiger charge is -2.40. The fourth-order valence-corrected chi connectivity index (χ4v) is 5.33. The van der Waals surface area contributed by atoms with Crippen LogP contribution in [0.3, 0.4) is 0 Å². The van der Waals surface area contributed by atoms with E-state index in [0.29, 0.717) is 37.3 Å². The number of aliphatic hydroxyl groups is 2. The highest BCUT2D eigenvalue weighted by Gasteiger charge is 2.42. The highest BCUT2D eigenvalue weighted by molar-refractivity contribution is 5.98. The first kappa shape index (κ1) is 22.5. The fraction of sp³-hybridized carbons (Fsp3) is 0.520. The zero-order chi connectivity index (χ0) is 22.5. The van der Waals surface area contributed by atoms with E-state index in [-0.39, 0.29) is 31.7 Å². The number of aliphatic hydroxyl groups excluding tert-OH is 2. The average Bonchev–Trinajstić information content (AvgIpc) is 3.06. The molecule has 0 spiro atoms. The zero-order valence-electron chi connectivity index (χ0n) is 18.3. The summed E-state index contributed by atoms with van der Waals surface area (Å²) in [6.07, 6.45) is 3.96. The number of ether oxygens (including phenoxy) is 1. The van der Waals surface area contributed by atoms with Gasteiger partial charge in [-0.15, -0.1) is 0 Å².